The molecule has 216 valence electrons. The summed E-state index contributed by atoms with van der Waals surface area (Å²) >= 11 is 0. The molecule has 2 amide bonds. The normalized spacial score (nSPS) is 15.6. The Labute approximate surface area is 244 Å². The number of allylic oxidation sites excluding steroid dienone is 2. The van der Waals surface area contributed by atoms with Crippen LogP contribution in [0.5, 0.6) is 0 Å². The second-order valence-electron chi connectivity index (χ2n) is 11.4. The van der Waals surface area contributed by atoms with Crippen LogP contribution < -0.4 is 16.0 Å². The first-order chi connectivity index (χ1) is 20.3. The van der Waals surface area contributed by atoms with Gasteiger partial charge in [-0.3, -0.25) is 9.59 Å². The Kier molecular flexibility index (Phi) is 7.49. The van der Waals surface area contributed by atoms with Gasteiger partial charge in [-0.15, -0.1) is 0 Å². The number of amides is 2. The zero-order valence-electron chi connectivity index (χ0n) is 23.9. The first-order valence-corrected chi connectivity index (χ1v) is 14.5. The minimum Gasteiger partial charge on any atom is -0.371 e. The number of aromatic nitrogens is 3. The van der Waals surface area contributed by atoms with E-state index in [9.17, 15) is 9.59 Å². The maximum atomic E-state index is 15.3. The number of carbonyl (C=O) groups is 2. The van der Waals surface area contributed by atoms with Crippen LogP contribution in [0.4, 0.5) is 10.1 Å². The number of anilines is 1. The fourth-order valence-electron chi connectivity index (χ4n) is 5.70. The van der Waals surface area contributed by atoms with Gasteiger partial charge in [0.05, 0.1) is 5.69 Å². The van der Waals surface area contributed by atoms with Gasteiger partial charge in [-0.2, -0.15) is 5.10 Å². The second-order valence-corrected chi connectivity index (χ2v) is 11.4. The number of rotatable bonds is 10. The number of nitrogens with one attached hydrogen (secondary N) is 1. The maximum absolute atomic E-state index is 15.3. The molecular formula is C33H35FN6O2. The molecule has 2 fully saturated rings. The largest absolute Gasteiger partial charge is 0.371 e. The molecule has 4 aromatic rings. The molecule has 0 unspecified atom stereocenters. The molecule has 3 heterocycles. The SMILES string of the molecule is C/C=C(/C)c1ccccc1CCNC(=O)c1cc(C2CC2)n2nc(-c3ccc(N4CC(CC(N)=O)C4)cc3F)cc2n1. The minimum absolute atomic E-state index is 0.209. The third kappa shape index (κ3) is 5.64. The summed E-state index contributed by atoms with van der Waals surface area (Å²) in [6, 6.07) is 16.9. The van der Waals surface area contributed by atoms with Crippen LogP contribution >= 0.6 is 0 Å². The van der Waals surface area contributed by atoms with Gasteiger partial charge >= 0.3 is 0 Å². The summed E-state index contributed by atoms with van der Waals surface area (Å²) in [7, 11) is 0. The smallest absolute Gasteiger partial charge is 0.270 e. The number of hydrogen-bond acceptors (Lipinski definition) is 5. The predicted octanol–water partition coefficient (Wildman–Crippen LogP) is 5.12. The highest BCUT2D eigenvalue weighted by atomic mass is 19.1. The molecule has 0 bridgehead atoms. The number of primary amides is 1. The summed E-state index contributed by atoms with van der Waals surface area (Å²) in [5.74, 6) is -0.415. The third-order valence-electron chi connectivity index (χ3n) is 8.28. The van der Waals surface area contributed by atoms with Crippen LogP contribution in [0.3, 0.4) is 0 Å². The summed E-state index contributed by atoms with van der Waals surface area (Å²) in [6.45, 7) is 5.96. The highest BCUT2D eigenvalue weighted by Gasteiger charge is 2.30. The number of fused-ring (bicyclic) bond motifs is 1. The Hall–Kier alpha value is -4.53. The van der Waals surface area contributed by atoms with Crippen molar-refractivity contribution < 1.29 is 14.0 Å². The summed E-state index contributed by atoms with van der Waals surface area (Å²) in [5, 5.41) is 7.74. The van der Waals surface area contributed by atoms with Gasteiger partial charge in [0, 0.05) is 60.9 Å². The van der Waals surface area contributed by atoms with Gasteiger partial charge in [-0.05, 0) is 74.1 Å². The Morgan fingerprint density at radius 3 is 2.62 bits per heavy atom. The Morgan fingerprint density at radius 2 is 1.90 bits per heavy atom. The number of halogens is 1. The second kappa shape index (κ2) is 11.4. The molecule has 42 heavy (non-hydrogen) atoms. The van der Waals surface area contributed by atoms with Crippen LogP contribution in [0, 0.1) is 11.7 Å². The van der Waals surface area contributed by atoms with Crippen LogP contribution in [0.25, 0.3) is 22.5 Å². The van der Waals surface area contributed by atoms with Gasteiger partial charge in [0.2, 0.25) is 5.91 Å². The van der Waals surface area contributed by atoms with E-state index in [-0.39, 0.29) is 23.5 Å². The first kappa shape index (κ1) is 27.6. The van der Waals surface area contributed by atoms with Crippen LogP contribution in [-0.2, 0) is 11.2 Å². The highest BCUT2D eigenvalue weighted by molar-refractivity contribution is 5.93. The Balaban J connectivity index is 1.19. The standard InChI is InChI=1S/C33H35FN6O2/c1-3-20(2)25-7-5-4-6-22(25)12-13-36-33(42)29-16-30(23-8-9-23)40-32(37-29)17-28(38-40)26-11-10-24(15-27(26)34)39-18-21(19-39)14-31(35)41/h3-7,10-11,15-17,21,23H,8-9,12-14,18-19H2,1-2H3,(H2,35,41)(H,36,42)/b20-3-. The summed E-state index contributed by atoms with van der Waals surface area (Å²) < 4.78 is 17.1. The topological polar surface area (TPSA) is 106 Å². The van der Waals surface area contributed by atoms with Crippen molar-refractivity contribution in [3.8, 4) is 11.3 Å². The number of carbonyl (C=O) groups excluding carboxylic acids is 2. The van der Waals surface area contributed by atoms with Crippen LogP contribution in [0.2, 0.25) is 0 Å². The van der Waals surface area contributed by atoms with E-state index >= 15 is 4.39 Å². The summed E-state index contributed by atoms with van der Waals surface area (Å²) in [5.41, 5.74) is 12.3. The van der Waals surface area contributed by atoms with E-state index in [1.165, 1.54) is 22.8 Å². The monoisotopic (exact) mass is 566 g/mol. The summed E-state index contributed by atoms with van der Waals surface area (Å²) in [6.07, 6.45) is 5.18. The van der Waals surface area contributed by atoms with Crippen molar-refractivity contribution in [1.82, 2.24) is 19.9 Å². The van der Waals surface area contributed by atoms with E-state index in [0.717, 1.165) is 24.2 Å². The van der Waals surface area contributed by atoms with Crippen LogP contribution in [0.15, 0.2) is 60.7 Å². The Morgan fingerprint density at radius 1 is 1.12 bits per heavy atom. The number of nitrogens with zero attached hydrogens (tertiary/aromatic N) is 4. The van der Waals surface area contributed by atoms with Crippen molar-refractivity contribution in [3.63, 3.8) is 0 Å². The van der Waals surface area contributed by atoms with Gasteiger partial charge in [0.25, 0.3) is 5.91 Å². The quantitative estimate of drug-likeness (QED) is 0.277. The third-order valence-corrected chi connectivity index (χ3v) is 8.28. The van der Waals surface area contributed by atoms with Gasteiger partial charge in [-0.25, -0.2) is 13.9 Å². The molecule has 8 nitrogen and oxygen atoms in total. The van der Waals surface area contributed by atoms with Crippen molar-refractivity contribution in [1.29, 1.82) is 0 Å². The molecule has 2 aromatic heterocycles. The van der Waals surface area contributed by atoms with E-state index in [1.807, 2.05) is 36.1 Å². The molecule has 0 atom stereocenters. The maximum Gasteiger partial charge on any atom is 0.270 e. The predicted molar refractivity (Wildman–Crippen MR) is 162 cm³/mol. The lowest BCUT2D eigenvalue weighted by Crippen LogP contribution is -2.48. The first-order valence-electron chi connectivity index (χ1n) is 14.5. The van der Waals surface area contributed by atoms with E-state index in [0.29, 0.717) is 61.0 Å². The molecular weight excluding hydrogens is 531 g/mol. The van der Waals surface area contributed by atoms with E-state index in [2.05, 4.69) is 35.4 Å². The molecule has 9 heteroatoms. The average Bonchev–Trinajstić information content (AvgIpc) is 3.72. The zero-order valence-corrected chi connectivity index (χ0v) is 23.9. The van der Waals surface area contributed by atoms with Crippen molar-refractivity contribution in [2.45, 2.75) is 45.4 Å². The van der Waals surface area contributed by atoms with Gasteiger partial charge < -0.3 is 16.0 Å². The number of benzene rings is 2. The molecule has 3 N–H and O–H groups in total. The summed E-state index contributed by atoms with van der Waals surface area (Å²) in [4.78, 5) is 31.0. The lowest BCUT2D eigenvalue weighted by Gasteiger charge is -2.40. The van der Waals surface area contributed by atoms with Crippen molar-refractivity contribution in [3.05, 3.63) is 89.0 Å². The molecule has 2 aliphatic rings. The fraction of sp³-hybridized carbons (Fsp3) is 0.333. The molecule has 1 aliphatic carbocycles. The van der Waals surface area contributed by atoms with E-state index < -0.39 is 0 Å². The van der Waals surface area contributed by atoms with Gasteiger partial charge in [0.1, 0.15) is 11.5 Å². The lowest BCUT2D eigenvalue weighted by molar-refractivity contribution is -0.119. The molecule has 1 saturated heterocycles. The Bertz CT molecular complexity index is 1700. The van der Waals surface area contributed by atoms with Gasteiger partial charge in [0.15, 0.2) is 5.65 Å². The molecule has 1 aliphatic heterocycles. The number of hydrogen-bond donors (Lipinski definition) is 2. The van der Waals surface area contributed by atoms with E-state index in [4.69, 9.17) is 10.8 Å². The van der Waals surface area contributed by atoms with Gasteiger partial charge in [-0.1, -0.05) is 30.3 Å². The fourth-order valence-corrected chi connectivity index (χ4v) is 5.70. The minimum atomic E-state index is -0.381. The van der Waals surface area contributed by atoms with Crippen LogP contribution in [0.1, 0.15) is 66.3 Å². The zero-order chi connectivity index (χ0) is 29.4. The van der Waals surface area contributed by atoms with E-state index in [1.54, 1.807) is 16.6 Å². The van der Waals surface area contributed by atoms with Crippen molar-refractivity contribution in [2.24, 2.45) is 11.7 Å². The number of nitrogens with two attached hydrogens (primary N) is 1. The molecule has 0 spiro atoms. The highest BCUT2D eigenvalue weighted by Crippen LogP contribution is 2.40. The van der Waals surface area contributed by atoms with Crippen LogP contribution in [-0.4, -0.2) is 46.0 Å². The molecule has 6 rings (SSSR count). The van der Waals surface area contributed by atoms with Crippen molar-refractivity contribution >= 4 is 28.7 Å². The lowest BCUT2D eigenvalue weighted by atomic mass is 9.95. The molecule has 1 saturated carbocycles. The average molecular weight is 567 g/mol. The van der Waals surface area contributed by atoms with Crippen molar-refractivity contribution in [2.75, 3.05) is 24.5 Å². The molecule has 2 aromatic carbocycles. The molecule has 0 radical (unpaired) electrons.